The number of halogens is 1. The second-order valence-electron chi connectivity index (χ2n) is 4.90. The smallest absolute Gasteiger partial charge is 0.310 e. The lowest BCUT2D eigenvalue weighted by Gasteiger charge is -2.18. The molecule has 0 bridgehead atoms. The second kappa shape index (κ2) is 5.78. The molecule has 2 rings (SSSR count). The van der Waals surface area contributed by atoms with Crippen molar-refractivity contribution in [3.63, 3.8) is 0 Å². The van der Waals surface area contributed by atoms with Crippen molar-refractivity contribution in [3.05, 3.63) is 32.8 Å². The fraction of sp³-hybridized carbons (Fsp3) is 0.462. The van der Waals surface area contributed by atoms with Crippen LogP contribution in [0.25, 0.3) is 0 Å². The fourth-order valence-corrected chi connectivity index (χ4v) is 2.88. The van der Waals surface area contributed by atoms with Crippen LogP contribution >= 0.6 is 15.9 Å². The van der Waals surface area contributed by atoms with Crippen LogP contribution in [0.2, 0.25) is 0 Å². The third-order valence-electron chi connectivity index (χ3n) is 3.59. The number of methoxy groups -OCH3 is 1. The van der Waals surface area contributed by atoms with E-state index in [1.807, 2.05) is 11.8 Å². The third-order valence-corrected chi connectivity index (χ3v) is 4.08. The van der Waals surface area contributed by atoms with E-state index in [0.29, 0.717) is 23.2 Å². The van der Waals surface area contributed by atoms with Crippen molar-refractivity contribution in [2.45, 2.75) is 6.92 Å². The van der Waals surface area contributed by atoms with Gasteiger partial charge in [0, 0.05) is 23.6 Å². The fourth-order valence-electron chi connectivity index (χ4n) is 2.53. The van der Waals surface area contributed by atoms with E-state index in [9.17, 15) is 14.9 Å². The number of hydrogen-bond donors (Lipinski definition) is 0. The summed E-state index contributed by atoms with van der Waals surface area (Å²) in [6.07, 6.45) is 0. The average Bonchev–Trinajstić information content (AvgIpc) is 2.79. The summed E-state index contributed by atoms with van der Waals surface area (Å²) in [6.45, 7) is 2.99. The Balaban J connectivity index is 2.30. The molecule has 2 atom stereocenters. The molecule has 1 aliphatic heterocycles. The topological polar surface area (TPSA) is 72.7 Å². The molecule has 0 N–H and O–H groups in total. The van der Waals surface area contributed by atoms with Crippen LogP contribution in [0.3, 0.4) is 0 Å². The summed E-state index contributed by atoms with van der Waals surface area (Å²) >= 11 is 3.23. The van der Waals surface area contributed by atoms with Crippen LogP contribution in [-0.2, 0) is 9.53 Å². The summed E-state index contributed by atoms with van der Waals surface area (Å²) in [5.74, 6) is -0.409. The van der Waals surface area contributed by atoms with Gasteiger partial charge in [-0.2, -0.15) is 0 Å². The number of esters is 1. The zero-order chi connectivity index (χ0) is 14.9. The minimum Gasteiger partial charge on any atom is -0.469 e. The lowest BCUT2D eigenvalue weighted by atomic mass is 9.99. The molecule has 0 aromatic heterocycles. The van der Waals surface area contributed by atoms with Gasteiger partial charge in [-0.05, 0) is 18.1 Å². The Kier molecular flexibility index (Phi) is 4.27. The van der Waals surface area contributed by atoms with Gasteiger partial charge < -0.3 is 9.64 Å². The highest BCUT2D eigenvalue weighted by Gasteiger charge is 2.37. The minimum atomic E-state index is -0.407. The van der Waals surface area contributed by atoms with Crippen molar-refractivity contribution in [3.8, 4) is 0 Å². The van der Waals surface area contributed by atoms with E-state index in [2.05, 4.69) is 15.9 Å². The predicted molar refractivity (Wildman–Crippen MR) is 77.7 cm³/mol. The number of nitro benzene ring substituents is 1. The molecule has 0 spiro atoms. The van der Waals surface area contributed by atoms with Gasteiger partial charge in [0.25, 0.3) is 5.69 Å². The predicted octanol–water partition coefficient (Wildman–Crippen LogP) is 2.60. The number of hydrogen-bond acceptors (Lipinski definition) is 5. The van der Waals surface area contributed by atoms with Crippen LogP contribution in [0.15, 0.2) is 22.7 Å². The van der Waals surface area contributed by atoms with E-state index >= 15 is 0 Å². The standard InChI is InChI=1S/C13H15BrN2O4/c1-8-6-15(7-10(8)13(17)20-2)11-4-3-9(14)5-12(11)16(18)19/h3-5,8,10H,6-7H2,1-2H3. The molecule has 1 aliphatic rings. The molecule has 1 heterocycles. The lowest BCUT2D eigenvalue weighted by molar-refractivity contribution is -0.384. The van der Waals surface area contributed by atoms with E-state index in [1.165, 1.54) is 13.2 Å². The number of carbonyl (C=O) groups excluding carboxylic acids is 1. The highest BCUT2D eigenvalue weighted by atomic mass is 79.9. The van der Waals surface area contributed by atoms with Gasteiger partial charge in [0.2, 0.25) is 0 Å². The molecule has 0 amide bonds. The zero-order valence-corrected chi connectivity index (χ0v) is 12.8. The van der Waals surface area contributed by atoms with Gasteiger partial charge >= 0.3 is 5.97 Å². The Morgan fingerprint density at radius 3 is 2.80 bits per heavy atom. The zero-order valence-electron chi connectivity index (χ0n) is 11.2. The summed E-state index contributed by atoms with van der Waals surface area (Å²) in [5.41, 5.74) is 0.577. The summed E-state index contributed by atoms with van der Waals surface area (Å²) in [6, 6.07) is 4.94. The van der Waals surface area contributed by atoms with Crippen LogP contribution in [0, 0.1) is 22.0 Å². The number of anilines is 1. The maximum atomic E-state index is 11.7. The molecule has 20 heavy (non-hydrogen) atoms. The maximum Gasteiger partial charge on any atom is 0.310 e. The highest BCUT2D eigenvalue weighted by Crippen LogP contribution is 2.36. The van der Waals surface area contributed by atoms with Crippen molar-refractivity contribution >= 4 is 33.3 Å². The average molecular weight is 343 g/mol. The van der Waals surface area contributed by atoms with Crippen molar-refractivity contribution in [1.82, 2.24) is 0 Å². The molecule has 6 nitrogen and oxygen atoms in total. The molecule has 1 fully saturated rings. The number of carbonyl (C=O) groups is 1. The Morgan fingerprint density at radius 1 is 1.50 bits per heavy atom. The van der Waals surface area contributed by atoms with Crippen LogP contribution < -0.4 is 4.90 Å². The van der Waals surface area contributed by atoms with Crippen LogP contribution in [-0.4, -0.2) is 31.1 Å². The van der Waals surface area contributed by atoms with Crippen LogP contribution in [0.4, 0.5) is 11.4 Å². The molecule has 1 aromatic carbocycles. The molecule has 1 aromatic rings. The summed E-state index contributed by atoms with van der Waals surface area (Å²) in [5, 5.41) is 11.2. The van der Waals surface area contributed by atoms with E-state index in [-0.39, 0.29) is 23.5 Å². The first-order chi connectivity index (χ1) is 9.43. The first-order valence-electron chi connectivity index (χ1n) is 6.20. The number of nitro groups is 1. The first-order valence-corrected chi connectivity index (χ1v) is 7.00. The normalized spacial score (nSPS) is 21.9. The summed E-state index contributed by atoms with van der Waals surface area (Å²) < 4.78 is 5.44. The van der Waals surface area contributed by atoms with Gasteiger partial charge in [-0.25, -0.2) is 0 Å². The van der Waals surface area contributed by atoms with Gasteiger partial charge in [-0.15, -0.1) is 0 Å². The second-order valence-corrected chi connectivity index (χ2v) is 5.82. The van der Waals surface area contributed by atoms with Crippen molar-refractivity contribution in [1.29, 1.82) is 0 Å². The molecule has 0 radical (unpaired) electrons. The molecule has 0 aliphatic carbocycles. The van der Waals surface area contributed by atoms with Crippen molar-refractivity contribution in [2.24, 2.45) is 11.8 Å². The first kappa shape index (κ1) is 14.8. The van der Waals surface area contributed by atoms with Gasteiger partial charge in [-0.1, -0.05) is 22.9 Å². The molecule has 0 saturated carbocycles. The Bertz CT molecular complexity index is 549. The summed E-state index contributed by atoms with van der Waals surface area (Å²) in [4.78, 5) is 24.3. The molecule has 1 saturated heterocycles. The quantitative estimate of drug-likeness (QED) is 0.479. The molecule has 7 heteroatoms. The van der Waals surface area contributed by atoms with E-state index < -0.39 is 4.92 Å². The summed E-state index contributed by atoms with van der Waals surface area (Å²) in [7, 11) is 1.36. The Morgan fingerprint density at radius 2 is 2.20 bits per heavy atom. The maximum absolute atomic E-state index is 11.7. The van der Waals surface area contributed by atoms with Crippen molar-refractivity contribution in [2.75, 3.05) is 25.1 Å². The van der Waals surface area contributed by atoms with Crippen LogP contribution in [0.5, 0.6) is 0 Å². The molecule has 108 valence electrons. The van der Waals surface area contributed by atoms with Crippen molar-refractivity contribution < 1.29 is 14.5 Å². The SMILES string of the molecule is COC(=O)C1CN(c2ccc(Br)cc2[N+](=O)[O-])CC1C. The van der Waals surface area contributed by atoms with E-state index in [0.717, 1.165) is 0 Å². The molecular formula is C13H15BrN2O4. The number of nitrogens with zero attached hydrogens (tertiary/aromatic N) is 2. The van der Waals surface area contributed by atoms with E-state index in [1.54, 1.807) is 12.1 Å². The largest absolute Gasteiger partial charge is 0.469 e. The number of rotatable bonds is 3. The third kappa shape index (κ3) is 2.77. The van der Waals surface area contributed by atoms with Gasteiger partial charge in [0.15, 0.2) is 0 Å². The lowest BCUT2D eigenvalue weighted by Crippen LogP contribution is -2.24. The monoisotopic (exact) mass is 342 g/mol. The van der Waals surface area contributed by atoms with E-state index in [4.69, 9.17) is 4.74 Å². The molecule has 2 unspecified atom stereocenters. The Labute approximate surface area is 125 Å². The van der Waals surface area contributed by atoms with Gasteiger partial charge in [-0.3, -0.25) is 14.9 Å². The Hall–Kier alpha value is -1.63. The number of benzene rings is 1. The minimum absolute atomic E-state index is 0.0390. The van der Waals surface area contributed by atoms with Crippen LogP contribution in [0.1, 0.15) is 6.92 Å². The van der Waals surface area contributed by atoms with Gasteiger partial charge in [0.05, 0.1) is 18.0 Å². The number of ether oxygens (including phenoxy) is 1. The highest BCUT2D eigenvalue weighted by molar-refractivity contribution is 9.10. The van der Waals surface area contributed by atoms with Gasteiger partial charge in [0.1, 0.15) is 5.69 Å². The molecular weight excluding hydrogens is 328 g/mol.